The number of nitrogens with zero attached hydrogens (tertiary/aromatic N) is 2. The van der Waals surface area contributed by atoms with Crippen molar-refractivity contribution in [1.82, 2.24) is 9.97 Å². The average Bonchev–Trinajstić information content (AvgIpc) is 2.36. The topological polar surface area (TPSA) is 51.8 Å². The smallest absolute Gasteiger partial charge is 0.132 e. The Labute approximate surface area is 114 Å². The molecule has 0 aliphatic carbocycles. The van der Waals surface area contributed by atoms with Crippen LogP contribution in [0.1, 0.15) is 35.0 Å². The van der Waals surface area contributed by atoms with Crippen LogP contribution in [0.25, 0.3) is 0 Å². The standard InChI is InChI=1S/C16H21N3/c1-11-4-5-14(6-12(11)2)8-16-18-9-15(10-19-16)7-13(3)17/h4-6,9-10,13H,7-8,17H2,1-3H3. The number of benzene rings is 1. The first-order valence-corrected chi connectivity index (χ1v) is 6.66. The van der Waals surface area contributed by atoms with Crippen LogP contribution in [0.2, 0.25) is 0 Å². The molecule has 1 heterocycles. The largest absolute Gasteiger partial charge is 0.328 e. The molecule has 0 aliphatic heterocycles. The van der Waals surface area contributed by atoms with Gasteiger partial charge >= 0.3 is 0 Å². The first-order valence-electron chi connectivity index (χ1n) is 6.66. The van der Waals surface area contributed by atoms with E-state index in [2.05, 4.69) is 42.0 Å². The van der Waals surface area contributed by atoms with Gasteiger partial charge in [0.25, 0.3) is 0 Å². The summed E-state index contributed by atoms with van der Waals surface area (Å²) in [5.74, 6) is 0.858. The first kappa shape index (κ1) is 13.7. The molecule has 0 radical (unpaired) electrons. The predicted molar refractivity (Wildman–Crippen MR) is 78.1 cm³/mol. The second-order valence-electron chi connectivity index (χ2n) is 5.28. The number of aryl methyl sites for hydroxylation is 2. The van der Waals surface area contributed by atoms with Gasteiger partial charge in [-0.3, -0.25) is 0 Å². The van der Waals surface area contributed by atoms with Crippen molar-refractivity contribution >= 4 is 0 Å². The van der Waals surface area contributed by atoms with E-state index in [-0.39, 0.29) is 6.04 Å². The number of rotatable bonds is 4. The highest BCUT2D eigenvalue weighted by Gasteiger charge is 2.03. The molecule has 1 aromatic heterocycles. The molecule has 0 saturated carbocycles. The van der Waals surface area contributed by atoms with Gasteiger partial charge in [-0.25, -0.2) is 9.97 Å². The molecule has 0 saturated heterocycles. The van der Waals surface area contributed by atoms with Gasteiger partial charge in [0.05, 0.1) is 0 Å². The van der Waals surface area contributed by atoms with E-state index in [1.165, 1.54) is 16.7 Å². The van der Waals surface area contributed by atoms with Crippen LogP contribution < -0.4 is 5.73 Å². The maximum Gasteiger partial charge on any atom is 0.132 e. The molecule has 0 fully saturated rings. The van der Waals surface area contributed by atoms with Crippen LogP contribution in [0, 0.1) is 13.8 Å². The van der Waals surface area contributed by atoms with E-state index in [1.807, 2.05) is 19.3 Å². The van der Waals surface area contributed by atoms with Crippen LogP contribution in [0.15, 0.2) is 30.6 Å². The molecule has 0 aliphatic rings. The van der Waals surface area contributed by atoms with Gasteiger partial charge < -0.3 is 5.73 Å². The maximum absolute atomic E-state index is 5.76. The van der Waals surface area contributed by atoms with Gasteiger partial charge in [0, 0.05) is 24.9 Å². The van der Waals surface area contributed by atoms with E-state index in [0.29, 0.717) is 0 Å². The Hall–Kier alpha value is -1.74. The molecule has 2 aromatic rings. The first-order chi connectivity index (χ1) is 9.04. The van der Waals surface area contributed by atoms with Crippen LogP contribution >= 0.6 is 0 Å². The van der Waals surface area contributed by atoms with Crippen molar-refractivity contribution < 1.29 is 0 Å². The number of hydrogen-bond acceptors (Lipinski definition) is 3. The summed E-state index contributed by atoms with van der Waals surface area (Å²) in [7, 11) is 0. The molecule has 1 unspecified atom stereocenters. The van der Waals surface area contributed by atoms with E-state index in [4.69, 9.17) is 5.73 Å². The van der Waals surface area contributed by atoms with Gasteiger partial charge in [0.15, 0.2) is 0 Å². The Kier molecular flexibility index (Phi) is 4.27. The van der Waals surface area contributed by atoms with Gasteiger partial charge in [0.2, 0.25) is 0 Å². The van der Waals surface area contributed by atoms with Crippen LogP contribution in [0.3, 0.4) is 0 Å². The third kappa shape index (κ3) is 3.86. The van der Waals surface area contributed by atoms with E-state index >= 15 is 0 Å². The van der Waals surface area contributed by atoms with Crippen molar-refractivity contribution in [2.75, 3.05) is 0 Å². The third-order valence-electron chi connectivity index (χ3n) is 3.25. The lowest BCUT2D eigenvalue weighted by atomic mass is 10.0. The summed E-state index contributed by atoms with van der Waals surface area (Å²) in [6, 6.07) is 6.64. The van der Waals surface area contributed by atoms with Crippen molar-refractivity contribution in [3.63, 3.8) is 0 Å². The second kappa shape index (κ2) is 5.93. The summed E-state index contributed by atoms with van der Waals surface area (Å²) in [6.45, 7) is 6.24. The van der Waals surface area contributed by atoms with Gasteiger partial charge in [0.1, 0.15) is 5.82 Å². The Morgan fingerprint density at radius 3 is 2.32 bits per heavy atom. The minimum Gasteiger partial charge on any atom is -0.328 e. The fraction of sp³-hybridized carbons (Fsp3) is 0.375. The van der Waals surface area contributed by atoms with Crippen molar-refractivity contribution in [3.05, 3.63) is 58.7 Å². The van der Waals surface area contributed by atoms with Crippen molar-refractivity contribution in [3.8, 4) is 0 Å². The van der Waals surface area contributed by atoms with Crippen LogP contribution in [-0.2, 0) is 12.8 Å². The van der Waals surface area contributed by atoms with E-state index < -0.39 is 0 Å². The lowest BCUT2D eigenvalue weighted by Crippen LogP contribution is -2.18. The molecule has 2 rings (SSSR count). The number of aromatic nitrogens is 2. The molecule has 3 nitrogen and oxygen atoms in total. The minimum absolute atomic E-state index is 0.147. The van der Waals surface area contributed by atoms with Gasteiger partial charge in [-0.2, -0.15) is 0 Å². The van der Waals surface area contributed by atoms with Crippen LogP contribution in [0.4, 0.5) is 0 Å². The zero-order valence-electron chi connectivity index (χ0n) is 11.9. The zero-order chi connectivity index (χ0) is 13.8. The fourth-order valence-electron chi connectivity index (χ4n) is 2.05. The molecule has 19 heavy (non-hydrogen) atoms. The summed E-state index contributed by atoms with van der Waals surface area (Å²) in [5.41, 5.74) is 10.7. The summed E-state index contributed by atoms with van der Waals surface area (Å²) >= 11 is 0. The molecule has 3 heteroatoms. The van der Waals surface area contributed by atoms with Crippen molar-refractivity contribution in [1.29, 1.82) is 0 Å². The normalized spacial score (nSPS) is 12.4. The zero-order valence-corrected chi connectivity index (χ0v) is 11.9. The lowest BCUT2D eigenvalue weighted by Gasteiger charge is -2.06. The Bertz CT molecular complexity index is 544. The quantitative estimate of drug-likeness (QED) is 0.913. The van der Waals surface area contributed by atoms with Crippen molar-refractivity contribution in [2.45, 2.75) is 39.7 Å². The second-order valence-corrected chi connectivity index (χ2v) is 5.28. The Morgan fingerprint density at radius 2 is 1.74 bits per heavy atom. The summed E-state index contributed by atoms with van der Waals surface area (Å²) in [5, 5.41) is 0. The van der Waals surface area contributed by atoms with Gasteiger partial charge in [-0.15, -0.1) is 0 Å². The van der Waals surface area contributed by atoms with Gasteiger partial charge in [-0.1, -0.05) is 18.2 Å². The predicted octanol–water partition coefficient (Wildman–Crippen LogP) is 2.57. The fourth-order valence-corrected chi connectivity index (χ4v) is 2.05. The van der Waals surface area contributed by atoms with Crippen LogP contribution in [-0.4, -0.2) is 16.0 Å². The average molecular weight is 255 g/mol. The monoisotopic (exact) mass is 255 g/mol. The van der Waals surface area contributed by atoms with E-state index in [9.17, 15) is 0 Å². The SMILES string of the molecule is Cc1ccc(Cc2ncc(CC(C)N)cn2)cc1C. The van der Waals surface area contributed by atoms with E-state index in [0.717, 1.165) is 24.2 Å². The van der Waals surface area contributed by atoms with Crippen molar-refractivity contribution in [2.24, 2.45) is 5.73 Å². The molecule has 100 valence electrons. The summed E-state index contributed by atoms with van der Waals surface area (Å²) < 4.78 is 0. The van der Waals surface area contributed by atoms with E-state index in [1.54, 1.807) is 0 Å². The molecule has 1 aromatic carbocycles. The summed E-state index contributed by atoms with van der Waals surface area (Å²) in [6.07, 6.45) is 5.36. The Balaban J connectivity index is 2.08. The highest BCUT2D eigenvalue weighted by molar-refractivity contribution is 5.31. The molecular weight excluding hydrogens is 234 g/mol. The molecule has 0 amide bonds. The molecule has 2 N–H and O–H groups in total. The molecule has 0 bridgehead atoms. The third-order valence-corrected chi connectivity index (χ3v) is 3.25. The lowest BCUT2D eigenvalue weighted by molar-refractivity contribution is 0.729. The summed E-state index contributed by atoms with van der Waals surface area (Å²) in [4.78, 5) is 8.82. The Morgan fingerprint density at radius 1 is 1.05 bits per heavy atom. The number of nitrogens with two attached hydrogens (primary N) is 1. The molecular formula is C16H21N3. The maximum atomic E-state index is 5.76. The molecule has 0 spiro atoms. The van der Waals surface area contributed by atoms with Gasteiger partial charge in [-0.05, 0) is 49.4 Å². The number of hydrogen-bond donors (Lipinski definition) is 1. The molecule has 1 atom stereocenters. The minimum atomic E-state index is 0.147. The highest BCUT2D eigenvalue weighted by Crippen LogP contribution is 2.12. The highest BCUT2D eigenvalue weighted by atomic mass is 14.9. The van der Waals surface area contributed by atoms with Crippen LogP contribution in [0.5, 0.6) is 0 Å².